The van der Waals surface area contributed by atoms with Gasteiger partial charge in [0.15, 0.2) is 0 Å². The molecule has 1 aliphatic carbocycles. The fraction of sp³-hybridized carbons (Fsp3) is 0.889. The van der Waals surface area contributed by atoms with Crippen molar-refractivity contribution in [1.82, 2.24) is 0 Å². The number of Topliss-reactive ketones (excluding diaryl/α,β-unsaturated/α-hetero) is 1. The summed E-state index contributed by atoms with van der Waals surface area (Å²) < 4.78 is 60.9. The molecule has 0 saturated heterocycles. The van der Waals surface area contributed by atoms with Crippen LogP contribution in [0.15, 0.2) is 0 Å². The number of hydrogen-bond donors (Lipinski definition) is 0. The van der Waals surface area contributed by atoms with Gasteiger partial charge < -0.3 is 0 Å². The summed E-state index contributed by atoms with van der Waals surface area (Å²) in [6.07, 6.45) is -6.32. The molecule has 0 radical (unpaired) electrons. The zero-order valence-corrected chi connectivity index (χ0v) is 7.91. The van der Waals surface area contributed by atoms with E-state index in [9.17, 15) is 26.7 Å². The first kappa shape index (κ1) is 12.4. The highest BCUT2D eigenvalue weighted by molar-refractivity contribution is 5.84. The van der Waals surface area contributed by atoms with E-state index >= 15 is 0 Å². The van der Waals surface area contributed by atoms with Crippen LogP contribution in [-0.2, 0) is 4.79 Å². The monoisotopic (exact) mass is 230 g/mol. The van der Waals surface area contributed by atoms with Crippen LogP contribution in [0.2, 0.25) is 0 Å². The van der Waals surface area contributed by atoms with Gasteiger partial charge >= 0.3 is 6.18 Å². The molecule has 0 atom stereocenters. The van der Waals surface area contributed by atoms with Crippen LogP contribution in [0.1, 0.15) is 32.1 Å². The van der Waals surface area contributed by atoms with Crippen molar-refractivity contribution in [2.75, 3.05) is 0 Å². The quantitative estimate of drug-likeness (QED) is 0.665. The minimum atomic E-state index is -4.83. The van der Waals surface area contributed by atoms with E-state index in [1.807, 2.05) is 0 Å². The normalized spacial score (nSPS) is 22.7. The first-order valence-electron chi connectivity index (χ1n) is 4.68. The van der Waals surface area contributed by atoms with E-state index in [0.29, 0.717) is 0 Å². The molecular formula is C9H11F5O. The Labute approximate surface area is 83.6 Å². The third-order valence-corrected chi connectivity index (χ3v) is 2.63. The first-order valence-corrected chi connectivity index (χ1v) is 4.68. The largest absolute Gasteiger partial charge is 0.449 e. The molecule has 0 aromatic rings. The van der Waals surface area contributed by atoms with Gasteiger partial charge in [0.25, 0.3) is 0 Å². The van der Waals surface area contributed by atoms with Crippen LogP contribution < -0.4 is 0 Å². The zero-order valence-electron chi connectivity index (χ0n) is 7.91. The predicted molar refractivity (Wildman–Crippen MR) is 42.6 cm³/mol. The van der Waals surface area contributed by atoms with Crippen LogP contribution in [-0.4, -0.2) is 17.9 Å². The Hall–Kier alpha value is -0.680. The summed E-state index contributed by atoms with van der Waals surface area (Å²) in [5, 5.41) is 0. The van der Waals surface area contributed by atoms with E-state index in [0.717, 1.165) is 0 Å². The lowest BCUT2D eigenvalue weighted by atomic mass is 9.84. The van der Waals surface area contributed by atoms with Gasteiger partial charge in [-0.05, 0) is 18.8 Å². The fourth-order valence-electron chi connectivity index (χ4n) is 1.68. The van der Waals surface area contributed by atoms with E-state index in [-0.39, 0.29) is 12.8 Å². The Kier molecular flexibility index (Phi) is 3.35. The maximum absolute atomic E-state index is 12.6. The standard InChI is InChI=1S/C9H11F5O/c10-8(11)3-1-6(2-4-8)5-7(15)9(12,13)14/h6H,1-5H2. The molecule has 0 amide bonds. The maximum Gasteiger partial charge on any atom is 0.449 e. The van der Waals surface area contributed by atoms with Crippen molar-refractivity contribution in [3.63, 3.8) is 0 Å². The Morgan fingerprint density at radius 1 is 1.20 bits per heavy atom. The molecule has 1 saturated carbocycles. The number of hydrogen-bond acceptors (Lipinski definition) is 1. The summed E-state index contributed by atoms with van der Waals surface area (Å²) in [6, 6.07) is 0. The van der Waals surface area contributed by atoms with Gasteiger partial charge in [-0.1, -0.05) is 0 Å². The van der Waals surface area contributed by atoms with Gasteiger partial charge in [0.1, 0.15) is 0 Å². The topological polar surface area (TPSA) is 17.1 Å². The third kappa shape index (κ3) is 3.76. The SMILES string of the molecule is O=C(CC1CCC(F)(F)CC1)C(F)(F)F. The Balaban J connectivity index is 2.40. The molecule has 1 rings (SSSR count). The molecule has 1 fully saturated rings. The van der Waals surface area contributed by atoms with Gasteiger partial charge in [-0.3, -0.25) is 4.79 Å². The van der Waals surface area contributed by atoms with E-state index in [2.05, 4.69) is 0 Å². The first-order chi connectivity index (χ1) is 6.71. The Morgan fingerprint density at radius 2 is 1.67 bits per heavy atom. The minimum absolute atomic E-state index is 0.00514. The Bertz CT molecular complexity index is 235. The molecule has 88 valence electrons. The summed E-state index contributed by atoms with van der Waals surface area (Å²) >= 11 is 0. The average Bonchev–Trinajstić information content (AvgIpc) is 2.07. The number of alkyl halides is 5. The lowest BCUT2D eigenvalue weighted by Gasteiger charge is -2.27. The average molecular weight is 230 g/mol. The summed E-state index contributed by atoms with van der Waals surface area (Å²) in [5.41, 5.74) is 0. The van der Waals surface area contributed by atoms with E-state index in [4.69, 9.17) is 0 Å². The smallest absolute Gasteiger partial charge is 0.290 e. The lowest BCUT2D eigenvalue weighted by molar-refractivity contribution is -0.172. The molecule has 1 aliphatic rings. The van der Waals surface area contributed by atoms with Crippen LogP contribution in [0.25, 0.3) is 0 Å². The van der Waals surface area contributed by atoms with Crippen LogP contribution in [0.4, 0.5) is 22.0 Å². The van der Waals surface area contributed by atoms with Crippen molar-refractivity contribution < 1.29 is 26.7 Å². The van der Waals surface area contributed by atoms with Crippen molar-refractivity contribution in [3.05, 3.63) is 0 Å². The van der Waals surface area contributed by atoms with Crippen LogP contribution in [0.3, 0.4) is 0 Å². The molecule has 0 aromatic carbocycles. The molecule has 0 N–H and O–H groups in total. The number of ketones is 1. The van der Waals surface area contributed by atoms with Crippen LogP contribution in [0.5, 0.6) is 0 Å². The van der Waals surface area contributed by atoms with E-state index in [1.165, 1.54) is 0 Å². The molecular weight excluding hydrogens is 219 g/mol. The number of carbonyl (C=O) groups excluding carboxylic acids is 1. The highest BCUT2D eigenvalue weighted by Crippen LogP contribution is 2.38. The van der Waals surface area contributed by atoms with Gasteiger partial charge in [0, 0.05) is 19.3 Å². The highest BCUT2D eigenvalue weighted by Gasteiger charge is 2.41. The number of carbonyl (C=O) groups is 1. The fourth-order valence-corrected chi connectivity index (χ4v) is 1.68. The van der Waals surface area contributed by atoms with E-state index in [1.54, 1.807) is 0 Å². The van der Waals surface area contributed by atoms with Crippen molar-refractivity contribution in [2.24, 2.45) is 5.92 Å². The van der Waals surface area contributed by atoms with Crippen molar-refractivity contribution >= 4 is 5.78 Å². The molecule has 0 bridgehead atoms. The lowest BCUT2D eigenvalue weighted by Crippen LogP contribution is -2.30. The summed E-state index contributed by atoms with van der Waals surface area (Å²) in [4.78, 5) is 10.6. The van der Waals surface area contributed by atoms with Crippen molar-refractivity contribution in [2.45, 2.75) is 44.2 Å². The summed E-state index contributed by atoms with van der Waals surface area (Å²) in [5.74, 6) is -5.12. The summed E-state index contributed by atoms with van der Waals surface area (Å²) in [6.45, 7) is 0. The summed E-state index contributed by atoms with van der Waals surface area (Å²) in [7, 11) is 0. The highest BCUT2D eigenvalue weighted by atomic mass is 19.4. The molecule has 1 nitrogen and oxygen atoms in total. The van der Waals surface area contributed by atoms with Gasteiger partial charge in [-0.25, -0.2) is 8.78 Å². The maximum atomic E-state index is 12.6. The molecule has 0 unspecified atom stereocenters. The second-order valence-electron chi connectivity index (χ2n) is 3.92. The van der Waals surface area contributed by atoms with Gasteiger partial charge in [-0.2, -0.15) is 13.2 Å². The van der Waals surface area contributed by atoms with Gasteiger partial charge in [0.2, 0.25) is 11.7 Å². The van der Waals surface area contributed by atoms with Gasteiger partial charge in [-0.15, -0.1) is 0 Å². The Morgan fingerprint density at radius 3 is 2.07 bits per heavy atom. The molecule has 0 spiro atoms. The zero-order chi connectivity index (χ0) is 11.7. The van der Waals surface area contributed by atoms with Crippen LogP contribution in [0, 0.1) is 5.92 Å². The van der Waals surface area contributed by atoms with Crippen LogP contribution >= 0.6 is 0 Å². The molecule has 15 heavy (non-hydrogen) atoms. The molecule has 0 aliphatic heterocycles. The number of rotatable bonds is 2. The molecule has 0 aromatic heterocycles. The second-order valence-corrected chi connectivity index (χ2v) is 3.92. The second kappa shape index (κ2) is 4.06. The third-order valence-electron chi connectivity index (χ3n) is 2.63. The van der Waals surface area contributed by atoms with Crippen molar-refractivity contribution in [3.8, 4) is 0 Å². The minimum Gasteiger partial charge on any atom is -0.290 e. The number of halogens is 5. The molecule has 0 heterocycles. The molecule has 6 heteroatoms. The van der Waals surface area contributed by atoms with Gasteiger partial charge in [0.05, 0.1) is 0 Å². The van der Waals surface area contributed by atoms with E-state index < -0.39 is 43.1 Å². The predicted octanol–water partition coefficient (Wildman–Crippen LogP) is 3.33. The van der Waals surface area contributed by atoms with Crippen molar-refractivity contribution in [1.29, 1.82) is 0 Å².